The standard InChI is InChI=1S/C12H23N5O/c1-4-10(5-2)15-12(18)8-13-7-6-11-16-14-9-17(11)3/h9-10,13H,4-8H2,1-3H3,(H,15,18). The molecule has 1 aromatic heterocycles. The number of carbonyl (C=O) groups is 1. The molecule has 0 saturated heterocycles. The van der Waals surface area contributed by atoms with Gasteiger partial charge in [0.1, 0.15) is 12.2 Å². The van der Waals surface area contributed by atoms with Crippen molar-refractivity contribution >= 4 is 5.91 Å². The average Bonchev–Trinajstić information content (AvgIpc) is 2.77. The van der Waals surface area contributed by atoms with Gasteiger partial charge < -0.3 is 15.2 Å². The Kier molecular flexibility index (Phi) is 6.35. The molecule has 102 valence electrons. The third-order valence-electron chi connectivity index (χ3n) is 2.97. The van der Waals surface area contributed by atoms with E-state index in [2.05, 4.69) is 34.7 Å². The van der Waals surface area contributed by atoms with E-state index in [1.807, 2.05) is 11.6 Å². The second-order valence-corrected chi connectivity index (χ2v) is 4.37. The molecular formula is C12H23N5O. The summed E-state index contributed by atoms with van der Waals surface area (Å²) in [6.07, 6.45) is 4.40. The van der Waals surface area contributed by atoms with Gasteiger partial charge >= 0.3 is 0 Å². The number of hydrogen-bond acceptors (Lipinski definition) is 4. The highest BCUT2D eigenvalue weighted by Crippen LogP contribution is 1.95. The van der Waals surface area contributed by atoms with E-state index < -0.39 is 0 Å². The van der Waals surface area contributed by atoms with Crippen LogP contribution in [-0.2, 0) is 18.3 Å². The molecule has 0 unspecified atom stereocenters. The lowest BCUT2D eigenvalue weighted by atomic mass is 10.2. The van der Waals surface area contributed by atoms with E-state index in [1.165, 1.54) is 0 Å². The smallest absolute Gasteiger partial charge is 0.234 e. The maximum absolute atomic E-state index is 11.6. The summed E-state index contributed by atoms with van der Waals surface area (Å²) >= 11 is 0. The van der Waals surface area contributed by atoms with Crippen LogP contribution in [0.4, 0.5) is 0 Å². The summed E-state index contributed by atoms with van der Waals surface area (Å²) in [5.41, 5.74) is 0. The predicted molar refractivity (Wildman–Crippen MR) is 70.1 cm³/mol. The van der Waals surface area contributed by atoms with E-state index in [9.17, 15) is 4.79 Å². The fraction of sp³-hybridized carbons (Fsp3) is 0.750. The van der Waals surface area contributed by atoms with Crippen molar-refractivity contribution in [2.45, 2.75) is 39.2 Å². The Labute approximate surface area is 108 Å². The molecule has 0 fully saturated rings. The zero-order valence-corrected chi connectivity index (χ0v) is 11.4. The molecule has 1 heterocycles. The molecule has 6 heteroatoms. The predicted octanol–water partition coefficient (Wildman–Crippen LogP) is 0.252. The first-order chi connectivity index (χ1) is 8.67. The van der Waals surface area contributed by atoms with Gasteiger partial charge in [0.2, 0.25) is 5.91 Å². The van der Waals surface area contributed by atoms with Gasteiger partial charge in [0.25, 0.3) is 0 Å². The molecule has 0 aromatic carbocycles. The van der Waals surface area contributed by atoms with Gasteiger partial charge in [0.15, 0.2) is 0 Å². The third kappa shape index (κ3) is 4.83. The fourth-order valence-corrected chi connectivity index (χ4v) is 1.71. The van der Waals surface area contributed by atoms with Crippen LogP contribution in [0.25, 0.3) is 0 Å². The maximum Gasteiger partial charge on any atom is 0.234 e. The Bertz CT molecular complexity index is 359. The van der Waals surface area contributed by atoms with Crippen LogP contribution in [-0.4, -0.2) is 39.8 Å². The minimum absolute atomic E-state index is 0.0571. The first-order valence-corrected chi connectivity index (χ1v) is 6.50. The van der Waals surface area contributed by atoms with Gasteiger partial charge in [0.05, 0.1) is 6.54 Å². The minimum Gasteiger partial charge on any atom is -0.352 e. The van der Waals surface area contributed by atoms with Gasteiger partial charge in [-0.05, 0) is 12.8 Å². The molecule has 0 atom stereocenters. The zero-order chi connectivity index (χ0) is 13.4. The van der Waals surface area contributed by atoms with Crippen LogP contribution >= 0.6 is 0 Å². The highest BCUT2D eigenvalue weighted by Gasteiger charge is 2.07. The summed E-state index contributed by atoms with van der Waals surface area (Å²) in [5.74, 6) is 0.976. The molecule has 0 radical (unpaired) electrons. The quantitative estimate of drug-likeness (QED) is 0.652. The Morgan fingerprint density at radius 3 is 2.72 bits per heavy atom. The van der Waals surface area contributed by atoms with Crippen molar-refractivity contribution < 1.29 is 4.79 Å². The fourth-order valence-electron chi connectivity index (χ4n) is 1.71. The van der Waals surface area contributed by atoms with Gasteiger partial charge in [-0.3, -0.25) is 4.79 Å². The van der Waals surface area contributed by atoms with E-state index in [0.29, 0.717) is 6.54 Å². The first kappa shape index (κ1) is 14.6. The van der Waals surface area contributed by atoms with Crippen molar-refractivity contribution in [2.75, 3.05) is 13.1 Å². The van der Waals surface area contributed by atoms with E-state index in [1.54, 1.807) is 6.33 Å². The van der Waals surface area contributed by atoms with Crippen LogP contribution in [0.2, 0.25) is 0 Å². The Hall–Kier alpha value is -1.43. The van der Waals surface area contributed by atoms with Gasteiger partial charge in [-0.1, -0.05) is 13.8 Å². The molecule has 0 bridgehead atoms. The van der Waals surface area contributed by atoms with Crippen molar-refractivity contribution in [1.29, 1.82) is 0 Å². The number of aromatic nitrogens is 3. The molecule has 0 aliphatic rings. The lowest BCUT2D eigenvalue weighted by Gasteiger charge is -2.14. The summed E-state index contributed by atoms with van der Waals surface area (Å²) in [5, 5.41) is 13.9. The number of rotatable bonds is 8. The highest BCUT2D eigenvalue weighted by atomic mass is 16.1. The number of nitrogens with zero attached hydrogens (tertiary/aromatic N) is 3. The number of amides is 1. The van der Waals surface area contributed by atoms with Crippen molar-refractivity contribution in [3.05, 3.63) is 12.2 Å². The SMILES string of the molecule is CCC(CC)NC(=O)CNCCc1nncn1C. The van der Waals surface area contributed by atoms with Crippen LogP contribution in [0, 0.1) is 0 Å². The van der Waals surface area contributed by atoms with Crippen molar-refractivity contribution in [1.82, 2.24) is 25.4 Å². The number of hydrogen-bond donors (Lipinski definition) is 2. The van der Waals surface area contributed by atoms with E-state index in [0.717, 1.165) is 31.6 Å². The Morgan fingerprint density at radius 2 is 2.17 bits per heavy atom. The average molecular weight is 253 g/mol. The normalized spacial score (nSPS) is 10.9. The largest absolute Gasteiger partial charge is 0.352 e. The monoisotopic (exact) mass is 253 g/mol. The van der Waals surface area contributed by atoms with Gasteiger partial charge in [-0.2, -0.15) is 0 Å². The van der Waals surface area contributed by atoms with Crippen LogP contribution in [0.15, 0.2) is 6.33 Å². The molecule has 1 amide bonds. The van der Waals surface area contributed by atoms with Gasteiger partial charge in [0, 0.05) is 26.1 Å². The number of nitrogens with one attached hydrogen (secondary N) is 2. The van der Waals surface area contributed by atoms with Crippen molar-refractivity contribution in [2.24, 2.45) is 7.05 Å². The lowest BCUT2D eigenvalue weighted by Crippen LogP contribution is -2.40. The molecule has 1 rings (SSSR count). The van der Waals surface area contributed by atoms with E-state index in [-0.39, 0.29) is 11.9 Å². The zero-order valence-electron chi connectivity index (χ0n) is 11.4. The summed E-state index contributed by atoms with van der Waals surface area (Å²) in [4.78, 5) is 11.6. The summed E-state index contributed by atoms with van der Waals surface area (Å²) in [7, 11) is 1.91. The molecular weight excluding hydrogens is 230 g/mol. The molecule has 0 spiro atoms. The van der Waals surface area contributed by atoms with Crippen molar-refractivity contribution in [3.63, 3.8) is 0 Å². The minimum atomic E-state index is 0.0571. The summed E-state index contributed by atoms with van der Waals surface area (Å²) in [6, 6.07) is 0.290. The number of carbonyl (C=O) groups excluding carboxylic acids is 1. The first-order valence-electron chi connectivity index (χ1n) is 6.50. The van der Waals surface area contributed by atoms with E-state index >= 15 is 0 Å². The maximum atomic E-state index is 11.6. The van der Waals surface area contributed by atoms with Crippen LogP contribution in [0.1, 0.15) is 32.5 Å². The molecule has 2 N–H and O–H groups in total. The Balaban J connectivity index is 2.14. The second kappa shape index (κ2) is 7.81. The second-order valence-electron chi connectivity index (χ2n) is 4.37. The molecule has 0 aliphatic carbocycles. The summed E-state index contributed by atoms with van der Waals surface area (Å²) in [6.45, 7) is 5.24. The summed E-state index contributed by atoms with van der Waals surface area (Å²) < 4.78 is 1.88. The topological polar surface area (TPSA) is 71.8 Å². The van der Waals surface area contributed by atoms with E-state index in [4.69, 9.17) is 0 Å². The Morgan fingerprint density at radius 1 is 1.44 bits per heavy atom. The number of aryl methyl sites for hydroxylation is 1. The highest BCUT2D eigenvalue weighted by molar-refractivity contribution is 5.78. The molecule has 1 aromatic rings. The molecule has 18 heavy (non-hydrogen) atoms. The molecule has 6 nitrogen and oxygen atoms in total. The third-order valence-corrected chi connectivity index (χ3v) is 2.97. The van der Waals surface area contributed by atoms with Crippen molar-refractivity contribution in [3.8, 4) is 0 Å². The lowest BCUT2D eigenvalue weighted by molar-refractivity contribution is -0.121. The van der Waals surface area contributed by atoms with Gasteiger partial charge in [-0.15, -0.1) is 10.2 Å². The van der Waals surface area contributed by atoms with Gasteiger partial charge in [-0.25, -0.2) is 0 Å². The molecule has 0 saturated carbocycles. The van der Waals surface area contributed by atoms with Crippen LogP contribution in [0.5, 0.6) is 0 Å². The molecule has 0 aliphatic heterocycles. The van der Waals surface area contributed by atoms with Crippen LogP contribution in [0.3, 0.4) is 0 Å². The van der Waals surface area contributed by atoms with Crippen LogP contribution < -0.4 is 10.6 Å².